The third kappa shape index (κ3) is 2.31. The van der Waals surface area contributed by atoms with Crippen LogP contribution in [0.3, 0.4) is 0 Å². The van der Waals surface area contributed by atoms with E-state index >= 15 is 0 Å². The summed E-state index contributed by atoms with van der Waals surface area (Å²) in [7, 11) is 0. The molecule has 1 saturated heterocycles. The Morgan fingerprint density at radius 3 is 2.26 bits per heavy atom. The van der Waals surface area contributed by atoms with Gasteiger partial charge in [0.1, 0.15) is 0 Å². The van der Waals surface area contributed by atoms with Gasteiger partial charge in [0.15, 0.2) is 0 Å². The van der Waals surface area contributed by atoms with Gasteiger partial charge in [0.05, 0.1) is 5.92 Å². The highest BCUT2D eigenvalue weighted by molar-refractivity contribution is 5.80. The number of rotatable bonds is 2. The molecule has 108 valence electrons. The summed E-state index contributed by atoms with van der Waals surface area (Å²) in [5, 5.41) is 0. The second-order valence-electron chi connectivity index (χ2n) is 7.34. The fraction of sp³-hybridized carbons (Fsp3) is 0.938. The third-order valence-electron chi connectivity index (χ3n) is 6.06. The van der Waals surface area contributed by atoms with Crippen molar-refractivity contribution in [2.24, 2.45) is 35.3 Å². The van der Waals surface area contributed by atoms with Crippen LogP contribution in [0.15, 0.2) is 0 Å². The standard InChI is InChI=1S/C16H28N2O/c1-10(2)11-5-7-18(8-6-11)16(19)14-12-3-4-13(9-12)15(14)17/h10-15H,3-9,17H2,1-2H3. The lowest BCUT2D eigenvalue weighted by Crippen LogP contribution is -2.49. The summed E-state index contributed by atoms with van der Waals surface area (Å²) < 4.78 is 0. The van der Waals surface area contributed by atoms with Crippen LogP contribution in [-0.2, 0) is 4.79 Å². The van der Waals surface area contributed by atoms with E-state index in [-0.39, 0.29) is 12.0 Å². The minimum absolute atomic E-state index is 0.147. The van der Waals surface area contributed by atoms with Gasteiger partial charge in [-0.25, -0.2) is 0 Å². The molecule has 0 aromatic carbocycles. The average molecular weight is 264 g/mol. The predicted octanol–water partition coefficient (Wildman–Crippen LogP) is 2.25. The molecule has 4 unspecified atom stereocenters. The van der Waals surface area contributed by atoms with Crippen LogP contribution in [0.4, 0.5) is 0 Å². The van der Waals surface area contributed by atoms with Crippen molar-refractivity contribution in [2.45, 2.75) is 52.0 Å². The average Bonchev–Trinajstić information content (AvgIpc) is 2.99. The van der Waals surface area contributed by atoms with Gasteiger partial charge in [-0.3, -0.25) is 4.79 Å². The Kier molecular flexibility index (Phi) is 3.59. The van der Waals surface area contributed by atoms with Crippen molar-refractivity contribution >= 4 is 5.91 Å². The van der Waals surface area contributed by atoms with E-state index in [9.17, 15) is 4.79 Å². The lowest BCUT2D eigenvalue weighted by molar-refractivity contribution is -0.139. The van der Waals surface area contributed by atoms with Crippen LogP contribution in [0.5, 0.6) is 0 Å². The second-order valence-corrected chi connectivity index (χ2v) is 7.34. The molecule has 2 bridgehead atoms. The molecule has 3 heteroatoms. The quantitative estimate of drug-likeness (QED) is 0.831. The molecule has 0 spiro atoms. The van der Waals surface area contributed by atoms with E-state index in [0.717, 1.165) is 24.9 Å². The highest BCUT2D eigenvalue weighted by atomic mass is 16.2. The number of nitrogens with two attached hydrogens (primary N) is 1. The molecule has 3 aliphatic rings. The van der Waals surface area contributed by atoms with E-state index in [1.165, 1.54) is 32.1 Å². The number of carbonyl (C=O) groups excluding carboxylic acids is 1. The van der Waals surface area contributed by atoms with Crippen LogP contribution in [0.1, 0.15) is 46.0 Å². The van der Waals surface area contributed by atoms with Gasteiger partial charge in [-0.05, 0) is 55.8 Å². The number of likely N-dealkylation sites (tertiary alicyclic amines) is 1. The van der Waals surface area contributed by atoms with Crippen molar-refractivity contribution in [3.05, 3.63) is 0 Å². The van der Waals surface area contributed by atoms with Crippen molar-refractivity contribution < 1.29 is 4.79 Å². The maximum atomic E-state index is 12.7. The smallest absolute Gasteiger partial charge is 0.227 e. The Bertz CT molecular complexity index is 345. The summed E-state index contributed by atoms with van der Waals surface area (Å²) in [5.74, 6) is 3.30. The fourth-order valence-electron chi connectivity index (χ4n) is 4.70. The first-order valence-electron chi connectivity index (χ1n) is 8.12. The molecule has 0 radical (unpaired) electrons. The monoisotopic (exact) mass is 264 g/mol. The molecule has 3 fully saturated rings. The summed E-state index contributed by atoms with van der Waals surface area (Å²) >= 11 is 0. The normalized spacial score (nSPS) is 39.3. The SMILES string of the molecule is CC(C)C1CCN(C(=O)C2C3CCC(C3)C2N)CC1. The largest absolute Gasteiger partial charge is 0.342 e. The van der Waals surface area contributed by atoms with Gasteiger partial charge in [-0.15, -0.1) is 0 Å². The molecule has 3 nitrogen and oxygen atoms in total. The Balaban J connectivity index is 1.60. The molecule has 0 aromatic heterocycles. The van der Waals surface area contributed by atoms with Gasteiger partial charge >= 0.3 is 0 Å². The Morgan fingerprint density at radius 1 is 1.11 bits per heavy atom. The molecule has 1 aliphatic heterocycles. The molecule has 2 aliphatic carbocycles. The van der Waals surface area contributed by atoms with Gasteiger partial charge in [0.2, 0.25) is 5.91 Å². The minimum atomic E-state index is 0.147. The first kappa shape index (κ1) is 13.4. The Morgan fingerprint density at radius 2 is 1.74 bits per heavy atom. The first-order valence-corrected chi connectivity index (χ1v) is 8.12. The summed E-state index contributed by atoms with van der Waals surface area (Å²) in [4.78, 5) is 14.8. The lowest BCUT2D eigenvalue weighted by Gasteiger charge is -2.38. The molecule has 2 saturated carbocycles. The van der Waals surface area contributed by atoms with Gasteiger partial charge in [-0.2, -0.15) is 0 Å². The predicted molar refractivity (Wildman–Crippen MR) is 76.4 cm³/mol. The van der Waals surface area contributed by atoms with E-state index in [1.54, 1.807) is 0 Å². The zero-order valence-corrected chi connectivity index (χ0v) is 12.3. The van der Waals surface area contributed by atoms with Crippen LogP contribution < -0.4 is 5.73 Å². The minimum Gasteiger partial charge on any atom is -0.342 e. The summed E-state index contributed by atoms with van der Waals surface area (Å²) in [6.07, 6.45) is 6.06. The molecule has 2 N–H and O–H groups in total. The van der Waals surface area contributed by atoms with Crippen LogP contribution >= 0.6 is 0 Å². The number of hydrogen-bond acceptors (Lipinski definition) is 2. The van der Waals surface area contributed by atoms with Gasteiger partial charge in [0.25, 0.3) is 0 Å². The number of nitrogens with zero attached hydrogens (tertiary/aromatic N) is 1. The molecule has 1 amide bonds. The van der Waals surface area contributed by atoms with Gasteiger partial charge in [-0.1, -0.05) is 13.8 Å². The van der Waals surface area contributed by atoms with E-state index in [2.05, 4.69) is 18.7 Å². The second kappa shape index (κ2) is 5.08. The zero-order chi connectivity index (χ0) is 13.6. The highest BCUT2D eigenvalue weighted by Gasteiger charge is 2.50. The first-order chi connectivity index (χ1) is 9.08. The lowest BCUT2D eigenvalue weighted by atomic mass is 9.82. The van der Waals surface area contributed by atoms with Crippen molar-refractivity contribution in [3.8, 4) is 0 Å². The third-order valence-corrected chi connectivity index (χ3v) is 6.06. The number of carbonyl (C=O) groups is 1. The molecular formula is C16H28N2O. The number of fused-ring (bicyclic) bond motifs is 2. The van der Waals surface area contributed by atoms with E-state index in [1.807, 2.05) is 0 Å². The summed E-state index contributed by atoms with van der Waals surface area (Å²) in [6, 6.07) is 0.147. The summed E-state index contributed by atoms with van der Waals surface area (Å²) in [6.45, 7) is 6.52. The number of amides is 1. The van der Waals surface area contributed by atoms with Crippen molar-refractivity contribution in [3.63, 3.8) is 0 Å². The van der Waals surface area contributed by atoms with Crippen molar-refractivity contribution in [1.29, 1.82) is 0 Å². The van der Waals surface area contributed by atoms with E-state index in [4.69, 9.17) is 5.73 Å². The maximum absolute atomic E-state index is 12.7. The molecule has 0 aromatic rings. The van der Waals surface area contributed by atoms with E-state index < -0.39 is 0 Å². The fourth-order valence-corrected chi connectivity index (χ4v) is 4.70. The number of piperidine rings is 1. The maximum Gasteiger partial charge on any atom is 0.227 e. The molecule has 1 heterocycles. The van der Waals surface area contributed by atoms with E-state index in [0.29, 0.717) is 17.7 Å². The topological polar surface area (TPSA) is 46.3 Å². The van der Waals surface area contributed by atoms with Gasteiger partial charge in [0, 0.05) is 19.1 Å². The van der Waals surface area contributed by atoms with Gasteiger partial charge < -0.3 is 10.6 Å². The zero-order valence-electron chi connectivity index (χ0n) is 12.3. The summed E-state index contributed by atoms with van der Waals surface area (Å²) in [5.41, 5.74) is 6.30. The van der Waals surface area contributed by atoms with Crippen LogP contribution in [0, 0.1) is 29.6 Å². The molecular weight excluding hydrogens is 236 g/mol. The van der Waals surface area contributed by atoms with Crippen molar-refractivity contribution in [2.75, 3.05) is 13.1 Å². The molecule has 3 rings (SSSR count). The highest BCUT2D eigenvalue weighted by Crippen LogP contribution is 2.48. The Hall–Kier alpha value is -0.570. The van der Waals surface area contributed by atoms with Crippen LogP contribution in [0.25, 0.3) is 0 Å². The van der Waals surface area contributed by atoms with Crippen LogP contribution in [-0.4, -0.2) is 29.9 Å². The van der Waals surface area contributed by atoms with Crippen LogP contribution in [0.2, 0.25) is 0 Å². The Labute approximate surface area is 116 Å². The number of hydrogen-bond donors (Lipinski definition) is 1. The van der Waals surface area contributed by atoms with Crippen molar-refractivity contribution in [1.82, 2.24) is 4.90 Å². The molecule has 19 heavy (non-hydrogen) atoms. The molecule has 4 atom stereocenters.